The molecule has 1 aliphatic rings. The quantitative estimate of drug-likeness (QED) is 0.494. The highest BCUT2D eigenvalue weighted by atomic mass is 19.4. The Balaban J connectivity index is 0.000000297. The van der Waals surface area contributed by atoms with Crippen LogP contribution in [0.5, 0.6) is 0 Å². The van der Waals surface area contributed by atoms with E-state index in [-0.39, 0.29) is 16.9 Å². The molecule has 3 rings (SSSR count). The van der Waals surface area contributed by atoms with Gasteiger partial charge in [-0.3, -0.25) is 4.79 Å². The Morgan fingerprint density at radius 3 is 2.27 bits per heavy atom. The summed E-state index contributed by atoms with van der Waals surface area (Å²) in [6, 6.07) is 0. The van der Waals surface area contributed by atoms with Crippen molar-refractivity contribution in [2.24, 2.45) is 5.92 Å². The maximum atomic E-state index is 13.4. The number of nitrogens with one attached hydrogen (secondary N) is 1. The number of aromatic amines is 1. The van der Waals surface area contributed by atoms with Crippen LogP contribution < -0.4 is 0 Å². The number of H-pyrrole nitrogens is 1. The van der Waals surface area contributed by atoms with Crippen LogP contribution in [0.3, 0.4) is 0 Å². The maximum absolute atomic E-state index is 13.4. The lowest BCUT2D eigenvalue weighted by atomic mass is 9.88. The number of aromatic nitrogens is 2. The molecular formula is C24H35F3N2O. The molecule has 0 radical (unpaired) electrons. The van der Waals surface area contributed by atoms with Crippen molar-refractivity contribution in [2.75, 3.05) is 0 Å². The largest absolute Gasteiger partial charge is 0.417 e. The molecule has 0 atom stereocenters. The highest BCUT2D eigenvalue weighted by molar-refractivity contribution is 5.85. The first-order valence-electron chi connectivity index (χ1n) is 11.3. The van der Waals surface area contributed by atoms with Gasteiger partial charge in [-0.25, -0.2) is 4.98 Å². The van der Waals surface area contributed by atoms with Crippen LogP contribution in [0, 0.1) is 12.8 Å². The van der Waals surface area contributed by atoms with Crippen LogP contribution in [0.15, 0.2) is 12.4 Å². The summed E-state index contributed by atoms with van der Waals surface area (Å²) in [5.41, 5.74) is 0.737. The lowest BCUT2D eigenvalue weighted by Gasteiger charge is -2.18. The molecule has 0 saturated heterocycles. The van der Waals surface area contributed by atoms with Gasteiger partial charge in [-0.2, -0.15) is 13.2 Å². The van der Waals surface area contributed by atoms with Gasteiger partial charge in [-0.1, -0.05) is 46.5 Å². The molecule has 1 fully saturated rings. The maximum Gasteiger partial charge on any atom is 0.417 e. The molecule has 0 aromatic carbocycles. The third kappa shape index (κ3) is 5.86. The van der Waals surface area contributed by atoms with Crippen LogP contribution in [0.4, 0.5) is 13.2 Å². The van der Waals surface area contributed by atoms with Gasteiger partial charge < -0.3 is 4.98 Å². The first-order valence-corrected chi connectivity index (χ1v) is 11.3. The molecule has 3 nitrogen and oxygen atoms in total. The molecule has 0 spiro atoms. The van der Waals surface area contributed by atoms with E-state index < -0.39 is 11.7 Å². The Morgan fingerprint density at radius 2 is 1.77 bits per heavy atom. The summed E-state index contributed by atoms with van der Waals surface area (Å²) < 4.78 is 40.3. The fraction of sp³-hybridized carbons (Fsp3) is 0.667. The first-order chi connectivity index (χ1) is 14.2. The molecule has 0 aliphatic heterocycles. The van der Waals surface area contributed by atoms with Gasteiger partial charge in [0.2, 0.25) is 0 Å². The Bertz CT molecular complexity index is 814. The number of halogens is 3. The van der Waals surface area contributed by atoms with Crippen molar-refractivity contribution >= 4 is 16.8 Å². The van der Waals surface area contributed by atoms with Gasteiger partial charge in [0.1, 0.15) is 11.4 Å². The number of pyridine rings is 1. The summed E-state index contributed by atoms with van der Waals surface area (Å²) in [6.45, 7) is 7.55. The lowest BCUT2D eigenvalue weighted by Crippen LogP contribution is -2.10. The van der Waals surface area contributed by atoms with Crippen molar-refractivity contribution < 1.29 is 18.0 Å². The van der Waals surface area contributed by atoms with Gasteiger partial charge in [0.05, 0.1) is 5.56 Å². The van der Waals surface area contributed by atoms with Crippen molar-refractivity contribution in [1.82, 2.24) is 9.97 Å². The zero-order valence-electron chi connectivity index (χ0n) is 18.7. The van der Waals surface area contributed by atoms with Crippen molar-refractivity contribution in [1.29, 1.82) is 0 Å². The highest BCUT2D eigenvalue weighted by Gasteiger charge is 2.36. The van der Waals surface area contributed by atoms with E-state index in [0.717, 1.165) is 50.5 Å². The van der Waals surface area contributed by atoms with E-state index in [9.17, 15) is 18.0 Å². The Morgan fingerprint density at radius 1 is 1.17 bits per heavy atom. The third-order valence-corrected chi connectivity index (χ3v) is 6.08. The lowest BCUT2D eigenvalue weighted by molar-refractivity contribution is -0.136. The molecule has 2 aromatic rings. The molecule has 30 heavy (non-hydrogen) atoms. The van der Waals surface area contributed by atoms with Gasteiger partial charge in [0.25, 0.3) is 0 Å². The molecule has 168 valence electrons. The fourth-order valence-electron chi connectivity index (χ4n) is 4.59. The zero-order valence-corrected chi connectivity index (χ0v) is 18.7. The van der Waals surface area contributed by atoms with Gasteiger partial charge in [-0.15, -0.1) is 0 Å². The number of nitrogens with zero attached hydrogens (tertiary/aromatic N) is 1. The monoisotopic (exact) mass is 424 g/mol. The zero-order chi connectivity index (χ0) is 22.3. The fourth-order valence-corrected chi connectivity index (χ4v) is 4.59. The average Bonchev–Trinajstić information content (AvgIpc) is 3.36. The summed E-state index contributed by atoms with van der Waals surface area (Å²) in [6.07, 6.45) is 7.96. The van der Waals surface area contributed by atoms with Crippen LogP contribution in [-0.2, 0) is 11.0 Å². The van der Waals surface area contributed by atoms with Crippen LogP contribution in [0.25, 0.3) is 11.0 Å². The van der Waals surface area contributed by atoms with E-state index in [0.29, 0.717) is 17.3 Å². The molecule has 1 saturated carbocycles. The van der Waals surface area contributed by atoms with Crippen molar-refractivity contribution in [3.05, 3.63) is 29.1 Å². The number of aryl methyl sites for hydroxylation is 1. The van der Waals surface area contributed by atoms with E-state index in [1.807, 2.05) is 6.92 Å². The molecule has 1 aliphatic carbocycles. The second kappa shape index (κ2) is 11.0. The number of carbonyl (C=O) groups is 1. The summed E-state index contributed by atoms with van der Waals surface area (Å²) in [4.78, 5) is 18.1. The summed E-state index contributed by atoms with van der Waals surface area (Å²) in [7, 11) is 0. The minimum absolute atomic E-state index is 0.151. The average molecular weight is 425 g/mol. The number of alkyl halides is 3. The van der Waals surface area contributed by atoms with Crippen LogP contribution in [0.1, 0.15) is 101 Å². The first kappa shape index (κ1) is 24.4. The van der Waals surface area contributed by atoms with Crippen molar-refractivity contribution in [3.63, 3.8) is 0 Å². The van der Waals surface area contributed by atoms with Crippen LogP contribution >= 0.6 is 0 Å². The minimum Gasteiger partial charge on any atom is -0.346 e. The predicted octanol–water partition coefficient (Wildman–Crippen LogP) is 7.73. The summed E-state index contributed by atoms with van der Waals surface area (Å²) in [5.74, 6) is 1.07. The van der Waals surface area contributed by atoms with E-state index in [4.69, 9.17) is 0 Å². The standard InChI is InChI=1S/C16H21F3N2.C8H14O/c1-4-6-11(7-5-2)12-9-21-15-13(12)14(16(17,18)19)10(3)8-20-15;1-2-8(9)7-5-3-4-6-7/h8-9,11H,4-7H2,1-3H3,(H,20,21);7H,2-6H2,1H3. The number of hydrogen-bond donors (Lipinski definition) is 1. The SMILES string of the molecule is CCC(=O)C1CCCC1.CCCC(CCC)c1c[nH]c2ncc(C)c(C(F)(F)F)c12. The van der Waals surface area contributed by atoms with Gasteiger partial charge in [0.15, 0.2) is 0 Å². The highest BCUT2D eigenvalue weighted by Crippen LogP contribution is 2.41. The topological polar surface area (TPSA) is 45.8 Å². The molecule has 0 unspecified atom stereocenters. The molecule has 0 amide bonds. The molecule has 2 aromatic heterocycles. The second-order valence-corrected chi connectivity index (χ2v) is 8.36. The van der Waals surface area contributed by atoms with E-state index in [2.05, 4.69) is 23.8 Å². The van der Waals surface area contributed by atoms with Gasteiger partial charge >= 0.3 is 6.18 Å². The minimum atomic E-state index is -4.36. The number of carbonyl (C=O) groups excluding carboxylic acids is 1. The van der Waals surface area contributed by atoms with Gasteiger partial charge in [-0.05, 0) is 49.7 Å². The molecule has 6 heteroatoms. The third-order valence-electron chi connectivity index (χ3n) is 6.08. The van der Waals surface area contributed by atoms with E-state index >= 15 is 0 Å². The predicted molar refractivity (Wildman–Crippen MR) is 116 cm³/mol. The number of fused-ring (bicyclic) bond motifs is 1. The van der Waals surface area contributed by atoms with Gasteiger partial charge in [0, 0.05) is 30.1 Å². The van der Waals surface area contributed by atoms with Crippen molar-refractivity contribution in [2.45, 2.75) is 97.6 Å². The van der Waals surface area contributed by atoms with Crippen LogP contribution in [0.2, 0.25) is 0 Å². The molecule has 1 N–H and O–H groups in total. The number of hydrogen-bond acceptors (Lipinski definition) is 2. The van der Waals surface area contributed by atoms with E-state index in [1.54, 1.807) is 6.20 Å². The normalized spacial score (nSPS) is 14.9. The Labute approximate surface area is 177 Å². The Kier molecular flexibility index (Phi) is 8.92. The summed E-state index contributed by atoms with van der Waals surface area (Å²) >= 11 is 0. The number of Topliss-reactive ketones (excluding diaryl/α,β-unsaturated/α-hetero) is 1. The van der Waals surface area contributed by atoms with Crippen molar-refractivity contribution in [3.8, 4) is 0 Å². The number of rotatable bonds is 7. The smallest absolute Gasteiger partial charge is 0.346 e. The Hall–Kier alpha value is -1.85. The second-order valence-electron chi connectivity index (χ2n) is 8.36. The molecule has 0 bridgehead atoms. The van der Waals surface area contributed by atoms with Crippen LogP contribution in [-0.4, -0.2) is 15.8 Å². The molecule has 2 heterocycles. The number of ketones is 1. The van der Waals surface area contributed by atoms with E-state index in [1.165, 1.54) is 26.0 Å². The molecular weight excluding hydrogens is 389 g/mol. The summed E-state index contributed by atoms with van der Waals surface area (Å²) in [5, 5.41) is 0.259.